The van der Waals surface area contributed by atoms with E-state index in [-0.39, 0.29) is 5.91 Å². The highest BCUT2D eigenvalue weighted by Gasteiger charge is 2.24. The standard InChI is InChI=1S/C20H28N4OS/c1-4-24(17-11-6-5-7-12-17)18(25)14-26-20-22-21-19(23(20)3)16-10-8-9-15(2)13-16/h8-10,13,17H,4-7,11-12,14H2,1-3H3. The van der Waals surface area contributed by atoms with Gasteiger partial charge in [-0.3, -0.25) is 4.79 Å². The topological polar surface area (TPSA) is 51.0 Å². The number of thioether (sulfide) groups is 1. The fraction of sp³-hybridized carbons (Fsp3) is 0.550. The Balaban J connectivity index is 1.65. The van der Waals surface area contributed by atoms with Gasteiger partial charge in [-0.1, -0.05) is 54.8 Å². The zero-order valence-electron chi connectivity index (χ0n) is 15.9. The average Bonchev–Trinajstić information content (AvgIpc) is 3.02. The van der Waals surface area contributed by atoms with Crippen molar-refractivity contribution in [2.45, 2.75) is 57.1 Å². The summed E-state index contributed by atoms with van der Waals surface area (Å²) in [6.07, 6.45) is 6.07. The first-order valence-corrected chi connectivity index (χ1v) is 10.5. The largest absolute Gasteiger partial charge is 0.339 e. The Kier molecular flexibility index (Phi) is 6.35. The number of benzene rings is 1. The first kappa shape index (κ1) is 19.0. The van der Waals surface area contributed by atoms with Crippen LogP contribution in [-0.4, -0.2) is 43.9 Å². The minimum atomic E-state index is 0.213. The van der Waals surface area contributed by atoms with E-state index in [4.69, 9.17) is 0 Å². The van der Waals surface area contributed by atoms with Gasteiger partial charge in [0.15, 0.2) is 11.0 Å². The summed E-state index contributed by atoms with van der Waals surface area (Å²) in [6.45, 7) is 4.94. The Morgan fingerprint density at radius 2 is 2.04 bits per heavy atom. The van der Waals surface area contributed by atoms with E-state index in [9.17, 15) is 4.79 Å². The lowest BCUT2D eigenvalue weighted by molar-refractivity contribution is -0.131. The molecule has 1 saturated carbocycles. The molecule has 0 unspecified atom stereocenters. The third kappa shape index (κ3) is 4.29. The fourth-order valence-corrected chi connectivity index (χ4v) is 4.51. The van der Waals surface area contributed by atoms with Crippen molar-refractivity contribution in [2.75, 3.05) is 12.3 Å². The van der Waals surface area contributed by atoms with Gasteiger partial charge in [-0.25, -0.2) is 0 Å². The summed E-state index contributed by atoms with van der Waals surface area (Å²) in [7, 11) is 1.96. The molecule has 2 aromatic rings. The van der Waals surface area contributed by atoms with Crippen LogP contribution in [0.4, 0.5) is 0 Å². The van der Waals surface area contributed by atoms with Crippen LogP contribution >= 0.6 is 11.8 Å². The highest BCUT2D eigenvalue weighted by atomic mass is 32.2. The van der Waals surface area contributed by atoms with E-state index < -0.39 is 0 Å². The fourth-order valence-electron chi connectivity index (χ4n) is 3.72. The lowest BCUT2D eigenvalue weighted by Crippen LogP contribution is -2.42. The zero-order valence-corrected chi connectivity index (χ0v) is 16.8. The van der Waals surface area contributed by atoms with Crippen LogP contribution in [0, 0.1) is 6.92 Å². The maximum Gasteiger partial charge on any atom is 0.233 e. The maximum atomic E-state index is 12.7. The predicted octanol–water partition coefficient (Wildman–Crippen LogP) is 4.06. The van der Waals surface area contributed by atoms with Crippen molar-refractivity contribution < 1.29 is 4.79 Å². The maximum absolute atomic E-state index is 12.7. The third-order valence-electron chi connectivity index (χ3n) is 5.11. The number of carbonyl (C=O) groups is 1. The smallest absolute Gasteiger partial charge is 0.233 e. The van der Waals surface area contributed by atoms with Crippen LogP contribution in [0.3, 0.4) is 0 Å². The molecule has 5 nitrogen and oxygen atoms in total. The summed E-state index contributed by atoms with van der Waals surface area (Å²) >= 11 is 1.48. The van der Waals surface area contributed by atoms with Crippen molar-refractivity contribution in [3.63, 3.8) is 0 Å². The van der Waals surface area contributed by atoms with Gasteiger partial charge < -0.3 is 9.47 Å². The monoisotopic (exact) mass is 372 g/mol. The van der Waals surface area contributed by atoms with E-state index >= 15 is 0 Å². The number of carbonyl (C=O) groups excluding carboxylic acids is 1. The Hall–Kier alpha value is -1.82. The number of amides is 1. The van der Waals surface area contributed by atoms with E-state index in [1.807, 2.05) is 23.7 Å². The van der Waals surface area contributed by atoms with Crippen LogP contribution in [0.2, 0.25) is 0 Å². The number of hydrogen-bond acceptors (Lipinski definition) is 4. The van der Waals surface area contributed by atoms with E-state index in [0.717, 1.165) is 35.9 Å². The SMILES string of the molecule is CCN(C(=O)CSc1nnc(-c2cccc(C)c2)n1C)C1CCCCC1. The highest BCUT2D eigenvalue weighted by Crippen LogP contribution is 2.26. The van der Waals surface area contributed by atoms with E-state index in [1.54, 1.807) is 0 Å². The number of aryl methyl sites for hydroxylation is 1. The second kappa shape index (κ2) is 8.71. The van der Waals surface area contributed by atoms with Gasteiger partial charge in [0.25, 0.3) is 0 Å². The third-order valence-corrected chi connectivity index (χ3v) is 6.12. The normalized spacial score (nSPS) is 15.2. The van der Waals surface area contributed by atoms with E-state index in [2.05, 4.69) is 41.1 Å². The Bertz CT molecular complexity index is 752. The van der Waals surface area contributed by atoms with Crippen molar-refractivity contribution in [1.29, 1.82) is 0 Å². The van der Waals surface area contributed by atoms with Crippen LogP contribution in [-0.2, 0) is 11.8 Å². The molecule has 1 amide bonds. The molecule has 6 heteroatoms. The molecule has 1 heterocycles. The van der Waals surface area contributed by atoms with Gasteiger partial charge >= 0.3 is 0 Å². The van der Waals surface area contributed by atoms with Crippen LogP contribution in [0.25, 0.3) is 11.4 Å². The Labute approximate surface area is 160 Å². The molecule has 1 aromatic carbocycles. The number of nitrogens with zero attached hydrogens (tertiary/aromatic N) is 4. The summed E-state index contributed by atoms with van der Waals surface area (Å²) in [6, 6.07) is 8.66. The Morgan fingerprint density at radius 3 is 2.73 bits per heavy atom. The van der Waals surface area contributed by atoms with Gasteiger partial charge in [0.05, 0.1) is 5.75 Å². The van der Waals surface area contributed by atoms with Crippen LogP contribution in [0.5, 0.6) is 0 Å². The van der Waals surface area contributed by atoms with Crippen LogP contribution < -0.4 is 0 Å². The summed E-state index contributed by atoms with van der Waals surface area (Å²) < 4.78 is 1.98. The molecule has 0 saturated heterocycles. The number of aromatic nitrogens is 3. The molecule has 1 fully saturated rings. The molecule has 1 aliphatic carbocycles. The van der Waals surface area contributed by atoms with Crippen LogP contribution in [0.1, 0.15) is 44.6 Å². The predicted molar refractivity (Wildman–Crippen MR) is 106 cm³/mol. The quantitative estimate of drug-likeness (QED) is 0.718. The van der Waals surface area contributed by atoms with E-state index in [1.165, 1.54) is 36.6 Å². The average molecular weight is 373 g/mol. The molecule has 1 aliphatic rings. The van der Waals surface area contributed by atoms with Crippen LogP contribution in [0.15, 0.2) is 29.4 Å². The molecule has 3 rings (SSSR count). The van der Waals surface area contributed by atoms with Gasteiger partial charge in [0.1, 0.15) is 0 Å². The van der Waals surface area contributed by atoms with Crippen molar-refractivity contribution in [3.05, 3.63) is 29.8 Å². The summed E-state index contributed by atoms with van der Waals surface area (Å²) in [5, 5.41) is 9.41. The van der Waals surface area contributed by atoms with Gasteiger partial charge in [0.2, 0.25) is 5.91 Å². The molecule has 0 spiro atoms. The van der Waals surface area contributed by atoms with Gasteiger partial charge in [-0.05, 0) is 32.8 Å². The lowest BCUT2D eigenvalue weighted by atomic mass is 9.94. The van der Waals surface area contributed by atoms with Crippen molar-refractivity contribution in [3.8, 4) is 11.4 Å². The van der Waals surface area contributed by atoms with Crippen molar-refractivity contribution in [1.82, 2.24) is 19.7 Å². The van der Waals surface area contributed by atoms with Gasteiger partial charge in [0, 0.05) is 25.2 Å². The molecule has 0 N–H and O–H groups in total. The molecule has 1 aromatic heterocycles. The highest BCUT2D eigenvalue weighted by molar-refractivity contribution is 7.99. The molecular formula is C20H28N4OS. The van der Waals surface area contributed by atoms with Crippen molar-refractivity contribution in [2.24, 2.45) is 7.05 Å². The summed E-state index contributed by atoms with van der Waals surface area (Å²) in [5.41, 5.74) is 2.25. The van der Waals surface area contributed by atoms with Gasteiger partial charge in [-0.15, -0.1) is 10.2 Å². The Morgan fingerprint density at radius 1 is 1.27 bits per heavy atom. The zero-order chi connectivity index (χ0) is 18.5. The first-order valence-electron chi connectivity index (χ1n) is 9.49. The number of hydrogen-bond donors (Lipinski definition) is 0. The van der Waals surface area contributed by atoms with E-state index in [0.29, 0.717) is 11.8 Å². The molecule has 0 bridgehead atoms. The molecule has 140 valence electrons. The summed E-state index contributed by atoms with van der Waals surface area (Å²) in [4.78, 5) is 14.8. The molecule has 0 atom stereocenters. The second-order valence-electron chi connectivity index (χ2n) is 6.99. The lowest BCUT2D eigenvalue weighted by Gasteiger charge is -2.33. The second-order valence-corrected chi connectivity index (χ2v) is 7.94. The molecular weight excluding hydrogens is 344 g/mol. The number of rotatable bonds is 6. The minimum Gasteiger partial charge on any atom is -0.339 e. The summed E-state index contributed by atoms with van der Waals surface area (Å²) in [5.74, 6) is 1.47. The first-order chi connectivity index (χ1) is 12.6. The molecule has 26 heavy (non-hydrogen) atoms. The molecule has 0 radical (unpaired) electrons. The van der Waals surface area contributed by atoms with Gasteiger partial charge in [-0.2, -0.15) is 0 Å². The molecule has 0 aliphatic heterocycles. The minimum absolute atomic E-state index is 0.213. The van der Waals surface area contributed by atoms with Crippen molar-refractivity contribution >= 4 is 17.7 Å².